The van der Waals surface area contributed by atoms with E-state index in [1.54, 1.807) is 35.4 Å². The standard InChI is InChI=1S/C18H20ClN3O3/c1-12-9-16(17(25-3)10-15(12)19)22(13(2)23)8-7-21-18(24)14-5-4-6-20-11-14/h4-6,9-11H,7-8H2,1-3H3,(H,21,24). The number of anilines is 1. The second-order valence-corrected chi connectivity index (χ2v) is 5.85. The molecule has 7 heteroatoms. The summed E-state index contributed by atoms with van der Waals surface area (Å²) in [6.07, 6.45) is 3.09. The molecule has 0 unspecified atom stereocenters. The van der Waals surface area contributed by atoms with Crippen molar-refractivity contribution in [3.05, 3.63) is 52.8 Å². The van der Waals surface area contributed by atoms with Crippen molar-refractivity contribution in [1.82, 2.24) is 10.3 Å². The number of amides is 2. The monoisotopic (exact) mass is 361 g/mol. The Kier molecular flexibility index (Phi) is 6.36. The summed E-state index contributed by atoms with van der Waals surface area (Å²) in [4.78, 5) is 29.6. The minimum absolute atomic E-state index is 0.157. The minimum atomic E-state index is -0.240. The highest BCUT2D eigenvalue weighted by Gasteiger charge is 2.18. The molecule has 1 heterocycles. The number of carbonyl (C=O) groups excluding carboxylic acids is 2. The average molecular weight is 362 g/mol. The van der Waals surface area contributed by atoms with Gasteiger partial charge in [-0.1, -0.05) is 11.6 Å². The number of aromatic nitrogens is 1. The van der Waals surface area contributed by atoms with Gasteiger partial charge in [-0.2, -0.15) is 0 Å². The van der Waals surface area contributed by atoms with E-state index >= 15 is 0 Å². The molecule has 0 spiro atoms. The van der Waals surface area contributed by atoms with Gasteiger partial charge in [0, 0.05) is 43.5 Å². The Hall–Kier alpha value is -2.60. The number of halogens is 1. The largest absolute Gasteiger partial charge is 0.495 e. The van der Waals surface area contributed by atoms with Gasteiger partial charge in [-0.25, -0.2) is 0 Å². The molecule has 0 aliphatic rings. The molecule has 25 heavy (non-hydrogen) atoms. The maximum absolute atomic E-state index is 12.1. The topological polar surface area (TPSA) is 71.5 Å². The third-order valence-electron chi connectivity index (χ3n) is 3.68. The second kappa shape index (κ2) is 8.48. The summed E-state index contributed by atoms with van der Waals surface area (Å²) < 4.78 is 5.34. The number of benzene rings is 1. The average Bonchev–Trinajstić information content (AvgIpc) is 2.61. The van der Waals surface area contributed by atoms with Crippen LogP contribution in [0.3, 0.4) is 0 Å². The lowest BCUT2D eigenvalue weighted by Crippen LogP contribution is -2.37. The van der Waals surface area contributed by atoms with Crippen LogP contribution < -0.4 is 15.0 Å². The lowest BCUT2D eigenvalue weighted by atomic mass is 10.2. The van der Waals surface area contributed by atoms with Crippen molar-refractivity contribution in [2.75, 3.05) is 25.1 Å². The van der Waals surface area contributed by atoms with Crippen molar-refractivity contribution in [3.63, 3.8) is 0 Å². The van der Waals surface area contributed by atoms with E-state index in [-0.39, 0.29) is 18.4 Å². The number of nitrogens with one attached hydrogen (secondary N) is 1. The molecule has 6 nitrogen and oxygen atoms in total. The van der Waals surface area contributed by atoms with Gasteiger partial charge in [-0.05, 0) is 30.7 Å². The maximum atomic E-state index is 12.1. The molecule has 132 valence electrons. The van der Waals surface area contributed by atoms with E-state index in [0.29, 0.717) is 28.6 Å². The van der Waals surface area contributed by atoms with Crippen molar-refractivity contribution >= 4 is 29.1 Å². The van der Waals surface area contributed by atoms with Crippen molar-refractivity contribution in [1.29, 1.82) is 0 Å². The summed E-state index contributed by atoms with van der Waals surface area (Å²) in [7, 11) is 1.52. The van der Waals surface area contributed by atoms with Gasteiger partial charge in [-0.3, -0.25) is 14.6 Å². The van der Waals surface area contributed by atoms with Crippen molar-refractivity contribution in [2.24, 2.45) is 0 Å². The van der Waals surface area contributed by atoms with Crippen molar-refractivity contribution in [2.45, 2.75) is 13.8 Å². The first kappa shape index (κ1) is 18.7. The predicted molar refractivity (Wildman–Crippen MR) is 97.3 cm³/mol. The van der Waals surface area contributed by atoms with Crippen LogP contribution in [0, 0.1) is 6.92 Å². The van der Waals surface area contributed by atoms with E-state index in [4.69, 9.17) is 16.3 Å². The van der Waals surface area contributed by atoms with E-state index < -0.39 is 0 Å². The van der Waals surface area contributed by atoms with Crippen LogP contribution in [0.1, 0.15) is 22.8 Å². The zero-order chi connectivity index (χ0) is 18.4. The van der Waals surface area contributed by atoms with Crippen molar-refractivity contribution in [3.8, 4) is 5.75 Å². The maximum Gasteiger partial charge on any atom is 0.252 e. The Morgan fingerprint density at radius 2 is 2.12 bits per heavy atom. The molecule has 2 amide bonds. The summed E-state index contributed by atoms with van der Waals surface area (Å²) in [5, 5.41) is 3.34. The fourth-order valence-electron chi connectivity index (χ4n) is 2.35. The number of aryl methyl sites for hydroxylation is 1. The van der Waals surface area contributed by atoms with E-state index in [0.717, 1.165) is 5.56 Å². The molecule has 0 aliphatic carbocycles. The van der Waals surface area contributed by atoms with E-state index in [2.05, 4.69) is 10.3 Å². The first-order valence-corrected chi connectivity index (χ1v) is 8.12. The molecule has 1 aromatic heterocycles. The number of ether oxygens (including phenoxy) is 1. The van der Waals surface area contributed by atoms with Gasteiger partial charge in [-0.15, -0.1) is 0 Å². The molecule has 0 radical (unpaired) electrons. The Morgan fingerprint density at radius 3 is 2.72 bits per heavy atom. The van der Waals surface area contributed by atoms with Gasteiger partial charge < -0.3 is 15.0 Å². The smallest absolute Gasteiger partial charge is 0.252 e. The molecular weight excluding hydrogens is 342 g/mol. The third-order valence-corrected chi connectivity index (χ3v) is 4.08. The number of hydrogen-bond acceptors (Lipinski definition) is 4. The van der Waals surface area contributed by atoms with Crippen LogP contribution >= 0.6 is 11.6 Å². The van der Waals surface area contributed by atoms with Gasteiger partial charge in [0.2, 0.25) is 5.91 Å². The van der Waals surface area contributed by atoms with Crippen LogP contribution in [0.25, 0.3) is 0 Å². The molecule has 2 rings (SSSR count). The van der Waals surface area contributed by atoms with Gasteiger partial charge in [0.15, 0.2) is 0 Å². The summed E-state index contributed by atoms with van der Waals surface area (Å²) in [6, 6.07) is 6.84. The van der Waals surface area contributed by atoms with Gasteiger partial charge in [0.05, 0.1) is 18.4 Å². The van der Waals surface area contributed by atoms with E-state index in [1.807, 2.05) is 6.92 Å². The minimum Gasteiger partial charge on any atom is -0.495 e. The number of carbonyl (C=O) groups is 2. The second-order valence-electron chi connectivity index (χ2n) is 5.44. The molecule has 0 bridgehead atoms. The zero-order valence-electron chi connectivity index (χ0n) is 14.4. The molecule has 2 aromatic rings. The number of nitrogens with zero attached hydrogens (tertiary/aromatic N) is 2. The number of pyridine rings is 1. The molecule has 0 aliphatic heterocycles. The summed E-state index contributed by atoms with van der Waals surface area (Å²) in [5.74, 6) is 0.107. The summed E-state index contributed by atoms with van der Waals surface area (Å²) >= 11 is 6.12. The predicted octanol–water partition coefficient (Wildman–Crippen LogP) is 2.83. The van der Waals surface area contributed by atoms with Crippen LogP contribution in [0.5, 0.6) is 5.75 Å². The van der Waals surface area contributed by atoms with Crippen LogP contribution in [0.15, 0.2) is 36.7 Å². The lowest BCUT2D eigenvalue weighted by Gasteiger charge is -2.24. The normalized spacial score (nSPS) is 10.2. The third kappa shape index (κ3) is 4.70. The molecular formula is C18H20ClN3O3. The van der Waals surface area contributed by atoms with E-state index in [1.165, 1.54) is 20.2 Å². The zero-order valence-corrected chi connectivity index (χ0v) is 15.1. The fourth-order valence-corrected chi connectivity index (χ4v) is 2.50. The highest BCUT2D eigenvalue weighted by atomic mass is 35.5. The van der Waals surface area contributed by atoms with Gasteiger partial charge in [0.25, 0.3) is 5.91 Å². The number of hydrogen-bond donors (Lipinski definition) is 1. The first-order chi connectivity index (χ1) is 11.9. The number of rotatable bonds is 6. The van der Waals surface area contributed by atoms with Crippen LogP contribution in [0.4, 0.5) is 5.69 Å². The quantitative estimate of drug-likeness (QED) is 0.858. The van der Waals surface area contributed by atoms with E-state index in [9.17, 15) is 9.59 Å². The highest BCUT2D eigenvalue weighted by molar-refractivity contribution is 6.31. The van der Waals surface area contributed by atoms with Gasteiger partial charge in [0.1, 0.15) is 5.75 Å². The Bertz CT molecular complexity index is 766. The molecule has 1 N–H and O–H groups in total. The SMILES string of the molecule is COc1cc(Cl)c(C)cc1N(CCNC(=O)c1cccnc1)C(C)=O. The highest BCUT2D eigenvalue weighted by Crippen LogP contribution is 2.33. The Balaban J connectivity index is 2.11. The van der Waals surface area contributed by atoms with Crippen molar-refractivity contribution < 1.29 is 14.3 Å². The Labute approximate surface area is 151 Å². The molecule has 1 aromatic carbocycles. The molecule has 0 atom stereocenters. The molecule has 0 saturated heterocycles. The first-order valence-electron chi connectivity index (χ1n) is 7.74. The summed E-state index contributed by atoms with van der Waals surface area (Å²) in [6.45, 7) is 3.91. The lowest BCUT2D eigenvalue weighted by molar-refractivity contribution is -0.116. The molecule has 0 saturated carbocycles. The summed E-state index contributed by atoms with van der Waals surface area (Å²) in [5.41, 5.74) is 1.92. The van der Waals surface area contributed by atoms with Crippen LogP contribution in [-0.4, -0.2) is 37.0 Å². The molecule has 0 fully saturated rings. The van der Waals surface area contributed by atoms with Crippen LogP contribution in [-0.2, 0) is 4.79 Å². The van der Waals surface area contributed by atoms with Gasteiger partial charge >= 0.3 is 0 Å². The fraction of sp³-hybridized carbons (Fsp3) is 0.278. The Morgan fingerprint density at radius 1 is 1.36 bits per heavy atom. The van der Waals surface area contributed by atoms with Crippen LogP contribution in [0.2, 0.25) is 5.02 Å². The number of methoxy groups -OCH3 is 1.